The molecule has 4 rings (SSSR count). The Morgan fingerprint density at radius 2 is 1.76 bits per heavy atom. The van der Waals surface area contributed by atoms with Crippen LogP contribution < -0.4 is 5.73 Å². The molecule has 1 atom stereocenters. The van der Waals surface area contributed by atoms with Crippen LogP contribution in [0.25, 0.3) is 0 Å². The molecule has 3 aliphatic rings. The lowest BCUT2D eigenvalue weighted by Gasteiger charge is -2.54. The zero-order chi connectivity index (χ0) is 14.3. The number of hydrogen-bond acceptors (Lipinski definition) is 2. The molecule has 1 aromatic rings. The van der Waals surface area contributed by atoms with E-state index in [9.17, 15) is 0 Å². The van der Waals surface area contributed by atoms with Crippen LogP contribution >= 0.6 is 0 Å². The predicted octanol–water partition coefficient (Wildman–Crippen LogP) is 4.30. The molecule has 0 bridgehead atoms. The molecule has 0 aromatic heterocycles. The van der Waals surface area contributed by atoms with Gasteiger partial charge in [0.1, 0.15) is 0 Å². The van der Waals surface area contributed by atoms with E-state index in [0.29, 0.717) is 11.5 Å². The van der Waals surface area contributed by atoms with Crippen LogP contribution in [0.1, 0.15) is 68.5 Å². The van der Waals surface area contributed by atoms with Crippen molar-refractivity contribution in [3.63, 3.8) is 0 Å². The van der Waals surface area contributed by atoms with Crippen LogP contribution in [0.2, 0.25) is 0 Å². The van der Waals surface area contributed by atoms with Gasteiger partial charge in [0.2, 0.25) is 0 Å². The second-order valence-corrected chi connectivity index (χ2v) is 7.69. The minimum Gasteiger partial charge on any atom is -0.399 e. The maximum atomic E-state index is 5.97. The zero-order valence-electron chi connectivity index (χ0n) is 13.1. The second-order valence-electron chi connectivity index (χ2n) is 7.69. The van der Waals surface area contributed by atoms with Crippen LogP contribution in [-0.4, -0.2) is 18.0 Å². The van der Waals surface area contributed by atoms with Crippen LogP contribution in [0.4, 0.5) is 5.69 Å². The van der Waals surface area contributed by atoms with Gasteiger partial charge in [-0.25, -0.2) is 0 Å². The number of aryl methyl sites for hydroxylation is 1. The Hall–Kier alpha value is -1.02. The minimum absolute atomic E-state index is 0.670. The average molecular weight is 284 g/mol. The number of hydrogen-bond donors (Lipinski definition) is 1. The maximum absolute atomic E-state index is 5.97. The van der Waals surface area contributed by atoms with E-state index in [2.05, 4.69) is 23.1 Å². The number of rotatable bonds is 1. The highest BCUT2D eigenvalue weighted by atomic mass is 15.2. The number of nitrogens with zero attached hydrogens (tertiary/aromatic N) is 1. The van der Waals surface area contributed by atoms with Crippen LogP contribution in [0, 0.1) is 5.41 Å². The van der Waals surface area contributed by atoms with E-state index in [-0.39, 0.29) is 0 Å². The summed E-state index contributed by atoms with van der Waals surface area (Å²) in [5.74, 6) is 0. The number of fused-ring (bicyclic) bond motifs is 1. The molecule has 1 heterocycles. The summed E-state index contributed by atoms with van der Waals surface area (Å²) in [5, 5.41) is 0. The van der Waals surface area contributed by atoms with Crippen molar-refractivity contribution in [2.75, 3.05) is 18.8 Å². The molecule has 0 radical (unpaired) electrons. The van der Waals surface area contributed by atoms with Gasteiger partial charge in [-0.2, -0.15) is 0 Å². The SMILES string of the molecule is Nc1ccc2c(c1)CCCC2N1CC2(CCCCCC2)C1. The molecule has 2 N–H and O–H groups in total. The molecule has 1 aromatic carbocycles. The summed E-state index contributed by atoms with van der Waals surface area (Å²) in [6, 6.07) is 7.27. The van der Waals surface area contributed by atoms with Crippen LogP contribution in [0.3, 0.4) is 0 Å². The van der Waals surface area contributed by atoms with Crippen molar-refractivity contribution in [2.45, 2.75) is 63.8 Å². The predicted molar refractivity (Wildman–Crippen MR) is 88.2 cm³/mol. The summed E-state index contributed by atoms with van der Waals surface area (Å²) in [4.78, 5) is 2.76. The molecule has 2 heteroatoms. The van der Waals surface area contributed by atoms with Gasteiger partial charge in [0, 0.05) is 24.8 Å². The summed E-state index contributed by atoms with van der Waals surface area (Å²) in [6.45, 7) is 2.70. The fraction of sp³-hybridized carbons (Fsp3) is 0.684. The summed E-state index contributed by atoms with van der Waals surface area (Å²) in [6.07, 6.45) is 12.7. The molecule has 0 amide bonds. The smallest absolute Gasteiger partial charge is 0.0351 e. The van der Waals surface area contributed by atoms with Gasteiger partial charge in [-0.05, 0) is 60.8 Å². The number of benzene rings is 1. The van der Waals surface area contributed by atoms with Crippen molar-refractivity contribution in [3.8, 4) is 0 Å². The van der Waals surface area contributed by atoms with Crippen molar-refractivity contribution < 1.29 is 0 Å². The average Bonchev–Trinajstić information content (AvgIpc) is 2.70. The largest absolute Gasteiger partial charge is 0.399 e. The van der Waals surface area contributed by atoms with Gasteiger partial charge >= 0.3 is 0 Å². The lowest BCUT2D eigenvalue weighted by atomic mass is 9.71. The molecule has 2 fully saturated rings. The molecule has 114 valence electrons. The third-order valence-corrected chi connectivity index (χ3v) is 6.13. The van der Waals surface area contributed by atoms with Gasteiger partial charge in [-0.3, -0.25) is 4.90 Å². The molecule has 1 unspecified atom stereocenters. The Morgan fingerprint density at radius 3 is 2.52 bits per heavy atom. The summed E-state index contributed by atoms with van der Waals surface area (Å²) < 4.78 is 0. The highest BCUT2D eigenvalue weighted by Crippen LogP contribution is 2.48. The number of nitrogen functional groups attached to an aromatic ring is 1. The van der Waals surface area contributed by atoms with Gasteiger partial charge in [0.15, 0.2) is 0 Å². The summed E-state index contributed by atoms with van der Waals surface area (Å²) in [5.41, 5.74) is 10.7. The topological polar surface area (TPSA) is 29.3 Å². The Bertz CT molecular complexity index is 506. The fourth-order valence-electron chi connectivity index (χ4n) is 5.02. The monoisotopic (exact) mass is 284 g/mol. The molecule has 2 nitrogen and oxygen atoms in total. The minimum atomic E-state index is 0.670. The zero-order valence-corrected chi connectivity index (χ0v) is 13.1. The lowest BCUT2D eigenvalue weighted by molar-refractivity contribution is -0.0470. The Kier molecular flexibility index (Phi) is 3.45. The third-order valence-electron chi connectivity index (χ3n) is 6.13. The first-order valence-corrected chi connectivity index (χ1v) is 8.88. The van der Waals surface area contributed by atoms with Crippen LogP contribution in [-0.2, 0) is 6.42 Å². The van der Waals surface area contributed by atoms with Gasteiger partial charge in [-0.15, -0.1) is 0 Å². The van der Waals surface area contributed by atoms with E-state index in [1.54, 1.807) is 5.56 Å². The van der Waals surface area contributed by atoms with E-state index in [0.717, 1.165) is 5.69 Å². The van der Waals surface area contributed by atoms with Crippen molar-refractivity contribution in [3.05, 3.63) is 29.3 Å². The van der Waals surface area contributed by atoms with Crippen molar-refractivity contribution in [1.29, 1.82) is 0 Å². The quantitative estimate of drug-likeness (QED) is 0.779. The maximum Gasteiger partial charge on any atom is 0.0351 e. The molecule has 1 spiro atoms. The van der Waals surface area contributed by atoms with E-state index >= 15 is 0 Å². The van der Waals surface area contributed by atoms with Gasteiger partial charge in [-0.1, -0.05) is 31.7 Å². The molecule has 1 saturated heterocycles. The summed E-state index contributed by atoms with van der Waals surface area (Å²) in [7, 11) is 0. The fourth-order valence-corrected chi connectivity index (χ4v) is 5.02. The van der Waals surface area contributed by atoms with Crippen molar-refractivity contribution in [1.82, 2.24) is 4.90 Å². The Labute approximate surface area is 128 Å². The number of likely N-dealkylation sites (tertiary alicyclic amines) is 1. The standard InChI is InChI=1S/C19H28N2/c20-16-8-9-17-15(12-16)6-5-7-18(17)21-13-19(14-21)10-3-1-2-4-11-19/h8-9,12,18H,1-7,10-11,13-14,20H2. The second kappa shape index (κ2) is 5.31. The number of nitrogens with two attached hydrogens (primary N) is 1. The molecule has 2 aliphatic carbocycles. The lowest BCUT2D eigenvalue weighted by Crippen LogP contribution is -2.57. The third kappa shape index (κ3) is 2.48. The first-order valence-electron chi connectivity index (χ1n) is 8.88. The molecular formula is C19H28N2. The van der Waals surface area contributed by atoms with E-state index in [1.807, 2.05) is 0 Å². The van der Waals surface area contributed by atoms with Gasteiger partial charge in [0.25, 0.3) is 0 Å². The molecule has 1 saturated carbocycles. The van der Waals surface area contributed by atoms with E-state index < -0.39 is 0 Å². The Morgan fingerprint density at radius 1 is 1.00 bits per heavy atom. The summed E-state index contributed by atoms with van der Waals surface area (Å²) >= 11 is 0. The molecule has 21 heavy (non-hydrogen) atoms. The van der Waals surface area contributed by atoms with Gasteiger partial charge in [0.05, 0.1) is 0 Å². The first-order chi connectivity index (χ1) is 10.3. The van der Waals surface area contributed by atoms with E-state index in [4.69, 9.17) is 5.73 Å². The normalized spacial score (nSPS) is 28.7. The highest BCUT2D eigenvalue weighted by Gasteiger charge is 2.45. The highest BCUT2D eigenvalue weighted by molar-refractivity contribution is 5.46. The van der Waals surface area contributed by atoms with Crippen molar-refractivity contribution in [2.24, 2.45) is 5.41 Å². The number of anilines is 1. The van der Waals surface area contributed by atoms with Crippen LogP contribution in [0.5, 0.6) is 0 Å². The Balaban J connectivity index is 1.50. The first kappa shape index (κ1) is 13.6. The molecule has 1 aliphatic heterocycles. The molecular weight excluding hydrogens is 256 g/mol. The van der Waals surface area contributed by atoms with E-state index in [1.165, 1.54) is 76.4 Å². The van der Waals surface area contributed by atoms with Crippen molar-refractivity contribution >= 4 is 5.69 Å². The van der Waals surface area contributed by atoms with Gasteiger partial charge < -0.3 is 5.73 Å². The van der Waals surface area contributed by atoms with Crippen LogP contribution in [0.15, 0.2) is 18.2 Å².